The Bertz CT molecular complexity index is 627. The van der Waals surface area contributed by atoms with Crippen LogP contribution in [0.5, 0.6) is 0 Å². The van der Waals surface area contributed by atoms with Gasteiger partial charge in [-0.25, -0.2) is 4.79 Å². The molecule has 0 unspecified atom stereocenters. The summed E-state index contributed by atoms with van der Waals surface area (Å²) in [6.45, 7) is 0.754. The van der Waals surface area contributed by atoms with E-state index in [2.05, 4.69) is 32.1 Å². The molecule has 0 bridgehead atoms. The minimum Gasteiger partial charge on any atom is -0.465 e. The molecule has 4 nitrogen and oxygen atoms in total. The van der Waals surface area contributed by atoms with E-state index in [9.17, 15) is 4.79 Å². The lowest BCUT2D eigenvalue weighted by molar-refractivity contribution is 0.0601. The summed E-state index contributed by atoms with van der Waals surface area (Å²) >= 11 is 5.10. The van der Waals surface area contributed by atoms with E-state index < -0.39 is 0 Å². The number of esters is 1. The Balaban J connectivity index is 2.17. The molecule has 0 aliphatic heterocycles. The lowest BCUT2D eigenvalue weighted by Crippen LogP contribution is -2.17. The number of hydrogen-bond acceptors (Lipinski definition) is 5. The maximum Gasteiger partial charge on any atom is 0.337 e. The van der Waals surface area contributed by atoms with Crippen molar-refractivity contribution in [3.05, 3.63) is 44.6 Å². The van der Waals surface area contributed by atoms with Crippen LogP contribution in [0.25, 0.3) is 0 Å². The molecule has 2 rings (SSSR count). The lowest BCUT2D eigenvalue weighted by Gasteiger charge is -2.21. The standard InChI is InChI=1S/C14H15BrN2O2S/c1-17(7-9-5-13(15)20-8-9)12-4-3-10(6-11(12)16)14(18)19-2/h3-6,8H,7,16H2,1-2H3. The van der Waals surface area contributed by atoms with Crippen molar-refractivity contribution in [3.8, 4) is 0 Å². The van der Waals surface area contributed by atoms with Crippen molar-refractivity contribution in [1.82, 2.24) is 0 Å². The van der Waals surface area contributed by atoms with Crippen molar-refractivity contribution in [2.75, 3.05) is 24.8 Å². The number of nitrogen functional groups attached to an aromatic ring is 1. The van der Waals surface area contributed by atoms with E-state index >= 15 is 0 Å². The number of carbonyl (C=O) groups excluding carboxylic acids is 1. The summed E-state index contributed by atoms with van der Waals surface area (Å²) in [6.07, 6.45) is 0. The second-order valence-corrected chi connectivity index (χ2v) is 6.67. The highest BCUT2D eigenvalue weighted by Gasteiger charge is 2.11. The maximum atomic E-state index is 11.4. The Labute approximate surface area is 130 Å². The van der Waals surface area contributed by atoms with Gasteiger partial charge in [0.05, 0.1) is 27.8 Å². The number of benzene rings is 1. The summed E-state index contributed by atoms with van der Waals surface area (Å²) in [7, 11) is 3.32. The van der Waals surface area contributed by atoms with Crippen LogP contribution in [0.3, 0.4) is 0 Å². The Morgan fingerprint density at radius 1 is 1.45 bits per heavy atom. The van der Waals surface area contributed by atoms with E-state index in [0.717, 1.165) is 16.0 Å². The molecular formula is C14H15BrN2O2S. The predicted octanol–water partition coefficient (Wildman–Crippen LogP) is 3.52. The van der Waals surface area contributed by atoms with Crippen LogP contribution < -0.4 is 10.6 Å². The van der Waals surface area contributed by atoms with E-state index in [1.165, 1.54) is 12.7 Å². The SMILES string of the molecule is COC(=O)c1ccc(N(C)Cc2csc(Br)c2)c(N)c1. The van der Waals surface area contributed by atoms with Crippen molar-refractivity contribution in [2.24, 2.45) is 0 Å². The molecule has 20 heavy (non-hydrogen) atoms. The minimum absolute atomic E-state index is 0.382. The number of halogens is 1. The molecule has 1 aromatic heterocycles. The summed E-state index contributed by atoms with van der Waals surface area (Å²) in [6, 6.07) is 7.28. The molecule has 0 fully saturated rings. The molecule has 0 radical (unpaired) electrons. The summed E-state index contributed by atoms with van der Waals surface area (Å²) in [5, 5.41) is 2.10. The van der Waals surface area contributed by atoms with Crippen LogP contribution in [0, 0.1) is 0 Å². The van der Waals surface area contributed by atoms with Gasteiger partial charge in [0, 0.05) is 13.6 Å². The van der Waals surface area contributed by atoms with E-state index in [1.807, 2.05) is 18.0 Å². The number of ether oxygens (including phenoxy) is 1. The smallest absolute Gasteiger partial charge is 0.337 e. The van der Waals surface area contributed by atoms with Gasteiger partial charge in [0.25, 0.3) is 0 Å². The van der Waals surface area contributed by atoms with Crippen molar-refractivity contribution in [1.29, 1.82) is 0 Å². The van der Waals surface area contributed by atoms with Gasteiger partial charge in [0.15, 0.2) is 0 Å². The van der Waals surface area contributed by atoms with Crippen LogP contribution in [0.1, 0.15) is 15.9 Å². The molecule has 0 spiro atoms. The van der Waals surface area contributed by atoms with Gasteiger partial charge in [-0.2, -0.15) is 0 Å². The molecule has 1 heterocycles. The summed E-state index contributed by atoms with van der Waals surface area (Å²) in [5.74, 6) is -0.382. The monoisotopic (exact) mass is 354 g/mol. The van der Waals surface area contributed by atoms with Gasteiger partial charge in [-0.1, -0.05) is 0 Å². The maximum absolute atomic E-state index is 11.4. The van der Waals surface area contributed by atoms with E-state index in [1.54, 1.807) is 23.5 Å². The quantitative estimate of drug-likeness (QED) is 0.674. The molecular weight excluding hydrogens is 340 g/mol. The summed E-state index contributed by atoms with van der Waals surface area (Å²) in [5.41, 5.74) is 9.13. The third-order valence-electron chi connectivity index (χ3n) is 2.90. The fourth-order valence-corrected chi connectivity index (χ4v) is 3.14. The Morgan fingerprint density at radius 3 is 2.75 bits per heavy atom. The van der Waals surface area contributed by atoms with Crippen molar-refractivity contribution in [3.63, 3.8) is 0 Å². The zero-order valence-corrected chi connectivity index (χ0v) is 13.6. The Kier molecular flexibility index (Phi) is 4.67. The average Bonchev–Trinajstić information content (AvgIpc) is 2.82. The number of nitrogens with two attached hydrogens (primary N) is 1. The minimum atomic E-state index is -0.382. The molecule has 2 N–H and O–H groups in total. The predicted molar refractivity (Wildman–Crippen MR) is 86.3 cm³/mol. The number of methoxy groups -OCH3 is 1. The number of thiophene rings is 1. The highest BCUT2D eigenvalue weighted by molar-refractivity contribution is 9.11. The Hall–Kier alpha value is -1.53. The third-order valence-corrected chi connectivity index (χ3v) is 4.45. The normalized spacial score (nSPS) is 10.3. The average molecular weight is 355 g/mol. The van der Waals surface area contributed by atoms with Crippen molar-refractivity contribution in [2.45, 2.75) is 6.54 Å². The van der Waals surface area contributed by atoms with Gasteiger partial charge < -0.3 is 15.4 Å². The van der Waals surface area contributed by atoms with E-state index in [-0.39, 0.29) is 5.97 Å². The third kappa shape index (κ3) is 3.32. The van der Waals surface area contributed by atoms with Crippen LogP contribution in [0.2, 0.25) is 0 Å². The molecule has 2 aromatic rings. The number of anilines is 2. The van der Waals surface area contributed by atoms with Crippen LogP contribution >= 0.6 is 27.3 Å². The first-order valence-electron chi connectivity index (χ1n) is 5.93. The fourth-order valence-electron chi connectivity index (χ4n) is 1.93. The second-order valence-electron chi connectivity index (χ2n) is 4.38. The number of nitrogens with zero attached hydrogens (tertiary/aromatic N) is 1. The first-order valence-corrected chi connectivity index (χ1v) is 7.60. The molecule has 106 valence electrons. The summed E-state index contributed by atoms with van der Waals surface area (Å²) < 4.78 is 5.78. The molecule has 6 heteroatoms. The van der Waals surface area contributed by atoms with Gasteiger partial charge in [0.1, 0.15) is 0 Å². The van der Waals surface area contributed by atoms with Gasteiger partial charge in [-0.05, 0) is 51.1 Å². The fraction of sp³-hybridized carbons (Fsp3) is 0.214. The molecule has 0 amide bonds. The highest BCUT2D eigenvalue weighted by Crippen LogP contribution is 2.27. The molecule has 1 aromatic carbocycles. The topological polar surface area (TPSA) is 55.6 Å². The lowest BCUT2D eigenvalue weighted by atomic mass is 10.1. The van der Waals surface area contributed by atoms with Gasteiger partial charge >= 0.3 is 5.97 Å². The summed E-state index contributed by atoms with van der Waals surface area (Å²) in [4.78, 5) is 13.5. The number of hydrogen-bond donors (Lipinski definition) is 1. The molecule has 0 saturated carbocycles. The van der Waals surface area contributed by atoms with Crippen molar-refractivity contribution < 1.29 is 9.53 Å². The van der Waals surface area contributed by atoms with Crippen LogP contribution in [0.4, 0.5) is 11.4 Å². The molecule has 0 aliphatic rings. The number of rotatable bonds is 4. The van der Waals surface area contributed by atoms with E-state index in [0.29, 0.717) is 11.3 Å². The Morgan fingerprint density at radius 2 is 2.20 bits per heavy atom. The van der Waals surface area contributed by atoms with Crippen molar-refractivity contribution >= 4 is 44.6 Å². The second kappa shape index (κ2) is 6.28. The zero-order valence-electron chi connectivity index (χ0n) is 11.2. The van der Waals surface area contributed by atoms with Crippen LogP contribution in [-0.2, 0) is 11.3 Å². The van der Waals surface area contributed by atoms with Gasteiger partial charge in [0.2, 0.25) is 0 Å². The van der Waals surface area contributed by atoms with E-state index in [4.69, 9.17) is 5.73 Å². The highest BCUT2D eigenvalue weighted by atomic mass is 79.9. The first-order chi connectivity index (χ1) is 9.51. The largest absolute Gasteiger partial charge is 0.465 e. The van der Waals surface area contributed by atoms with Gasteiger partial charge in [-0.15, -0.1) is 11.3 Å². The van der Waals surface area contributed by atoms with Crippen LogP contribution in [-0.4, -0.2) is 20.1 Å². The van der Waals surface area contributed by atoms with Gasteiger partial charge in [-0.3, -0.25) is 0 Å². The molecule has 0 aliphatic carbocycles. The first kappa shape index (κ1) is 14.9. The van der Waals surface area contributed by atoms with Crippen LogP contribution in [0.15, 0.2) is 33.4 Å². The zero-order chi connectivity index (χ0) is 14.7. The number of carbonyl (C=O) groups is 1. The molecule has 0 atom stereocenters. The molecule has 0 saturated heterocycles.